The van der Waals surface area contributed by atoms with Gasteiger partial charge in [0.1, 0.15) is 18.1 Å². The normalized spacial score (nSPS) is 11.2. The van der Waals surface area contributed by atoms with Crippen molar-refractivity contribution in [1.82, 2.24) is 9.66 Å². The van der Waals surface area contributed by atoms with Crippen LogP contribution in [0.5, 0.6) is 11.5 Å². The highest BCUT2D eigenvalue weighted by molar-refractivity contribution is 5.80. The number of benzene rings is 3. The summed E-state index contributed by atoms with van der Waals surface area (Å²) in [5.74, 6) is 1.29. The molecule has 6 heteroatoms. The molecule has 0 saturated heterocycles. The fourth-order valence-corrected chi connectivity index (χ4v) is 2.93. The molecule has 1 aromatic heterocycles. The number of phenolic OH excluding ortho intramolecular Hbond substituents is 1. The molecule has 144 valence electrons. The Morgan fingerprint density at radius 2 is 1.76 bits per heavy atom. The van der Waals surface area contributed by atoms with Gasteiger partial charge in [0.05, 0.1) is 17.1 Å². The summed E-state index contributed by atoms with van der Waals surface area (Å²) < 4.78 is 7.16. The summed E-state index contributed by atoms with van der Waals surface area (Å²) in [5, 5.41) is 14.2. The Labute approximate surface area is 167 Å². The van der Waals surface area contributed by atoms with Gasteiger partial charge in [0.25, 0.3) is 5.56 Å². The molecule has 0 aliphatic rings. The Kier molecular flexibility index (Phi) is 5.07. The maximum absolute atomic E-state index is 13.0. The highest BCUT2D eigenvalue weighted by Gasteiger charge is 2.11. The standard InChI is InChI=1S/C23H19N3O3/c1-16-6-2-5-9-21(16)29-15-22-25-20-8-4-3-7-19(20)23(28)26(22)24-14-17-10-12-18(27)13-11-17/h2-14,27H,15H2,1H3/b24-14+. The molecule has 0 aliphatic carbocycles. The first-order chi connectivity index (χ1) is 14.1. The van der Waals surface area contributed by atoms with E-state index in [0.717, 1.165) is 16.9 Å². The number of para-hydroxylation sites is 2. The van der Waals surface area contributed by atoms with Gasteiger partial charge in [0.2, 0.25) is 0 Å². The van der Waals surface area contributed by atoms with Gasteiger partial charge in [-0.1, -0.05) is 30.3 Å². The lowest BCUT2D eigenvalue weighted by Gasteiger charge is -2.12. The van der Waals surface area contributed by atoms with Crippen molar-refractivity contribution >= 4 is 17.1 Å². The Morgan fingerprint density at radius 3 is 2.55 bits per heavy atom. The van der Waals surface area contributed by atoms with Crippen LogP contribution in [0.4, 0.5) is 0 Å². The van der Waals surface area contributed by atoms with Crippen molar-refractivity contribution in [2.24, 2.45) is 5.10 Å². The van der Waals surface area contributed by atoms with Gasteiger partial charge in [-0.25, -0.2) is 4.98 Å². The molecule has 29 heavy (non-hydrogen) atoms. The number of aryl methyl sites for hydroxylation is 1. The minimum atomic E-state index is -0.269. The second kappa shape index (κ2) is 7.98. The second-order valence-electron chi connectivity index (χ2n) is 6.55. The maximum atomic E-state index is 13.0. The summed E-state index contributed by atoms with van der Waals surface area (Å²) in [6, 6.07) is 21.4. The molecule has 3 aromatic carbocycles. The molecule has 0 saturated carbocycles. The molecule has 0 fully saturated rings. The molecule has 4 rings (SSSR count). The smallest absolute Gasteiger partial charge is 0.282 e. The summed E-state index contributed by atoms with van der Waals surface area (Å²) in [5.41, 5.74) is 2.06. The van der Waals surface area contributed by atoms with E-state index in [-0.39, 0.29) is 17.9 Å². The van der Waals surface area contributed by atoms with Crippen LogP contribution in [0.1, 0.15) is 17.0 Å². The Balaban J connectivity index is 1.75. The lowest BCUT2D eigenvalue weighted by molar-refractivity contribution is 0.287. The maximum Gasteiger partial charge on any atom is 0.282 e. The van der Waals surface area contributed by atoms with Gasteiger partial charge in [-0.3, -0.25) is 4.79 Å². The van der Waals surface area contributed by atoms with Crippen molar-refractivity contribution in [3.05, 3.63) is 100 Å². The van der Waals surface area contributed by atoms with Crippen molar-refractivity contribution in [3.8, 4) is 11.5 Å². The predicted octanol–water partition coefficient (Wildman–Crippen LogP) is 3.87. The fraction of sp³-hybridized carbons (Fsp3) is 0.0870. The van der Waals surface area contributed by atoms with Crippen LogP contribution < -0.4 is 10.3 Å². The van der Waals surface area contributed by atoms with E-state index in [1.807, 2.05) is 37.3 Å². The van der Waals surface area contributed by atoms with Gasteiger partial charge in [-0.15, -0.1) is 0 Å². The van der Waals surface area contributed by atoms with E-state index in [4.69, 9.17) is 4.74 Å². The Hall–Kier alpha value is -3.93. The van der Waals surface area contributed by atoms with Crippen LogP contribution in [0, 0.1) is 6.92 Å². The summed E-state index contributed by atoms with van der Waals surface area (Å²) in [4.78, 5) is 17.6. The van der Waals surface area contributed by atoms with E-state index in [9.17, 15) is 9.90 Å². The number of ether oxygens (including phenoxy) is 1. The lowest BCUT2D eigenvalue weighted by atomic mass is 10.2. The van der Waals surface area contributed by atoms with Gasteiger partial charge in [0, 0.05) is 0 Å². The number of aromatic hydroxyl groups is 1. The van der Waals surface area contributed by atoms with E-state index in [1.165, 1.54) is 4.68 Å². The Bertz CT molecular complexity index is 1240. The van der Waals surface area contributed by atoms with E-state index in [1.54, 1.807) is 48.7 Å². The number of hydrogen-bond donors (Lipinski definition) is 1. The molecule has 0 unspecified atom stereocenters. The first-order valence-electron chi connectivity index (χ1n) is 9.14. The lowest BCUT2D eigenvalue weighted by Crippen LogP contribution is -2.23. The molecule has 0 bridgehead atoms. The van der Waals surface area contributed by atoms with E-state index in [0.29, 0.717) is 16.7 Å². The summed E-state index contributed by atoms with van der Waals surface area (Å²) >= 11 is 0. The third-order valence-corrected chi connectivity index (χ3v) is 4.49. The number of nitrogens with zero attached hydrogens (tertiary/aromatic N) is 3. The highest BCUT2D eigenvalue weighted by atomic mass is 16.5. The molecule has 4 aromatic rings. The van der Waals surface area contributed by atoms with E-state index < -0.39 is 0 Å². The van der Waals surface area contributed by atoms with E-state index in [2.05, 4.69) is 10.1 Å². The molecule has 1 N–H and O–H groups in total. The van der Waals surface area contributed by atoms with Gasteiger partial charge >= 0.3 is 0 Å². The van der Waals surface area contributed by atoms with Crippen LogP contribution in [-0.4, -0.2) is 21.0 Å². The summed E-state index contributed by atoms with van der Waals surface area (Å²) in [6.45, 7) is 2.05. The molecule has 6 nitrogen and oxygen atoms in total. The zero-order valence-corrected chi connectivity index (χ0v) is 15.8. The zero-order chi connectivity index (χ0) is 20.2. The number of rotatable bonds is 5. The number of hydrogen-bond acceptors (Lipinski definition) is 5. The molecular weight excluding hydrogens is 366 g/mol. The van der Waals surface area contributed by atoms with Crippen molar-refractivity contribution in [2.45, 2.75) is 13.5 Å². The summed E-state index contributed by atoms with van der Waals surface area (Å²) in [7, 11) is 0. The third kappa shape index (κ3) is 4.01. The molecule has 0 radical (unpaired) electrons. The largest absolute Gasteiger partial charge is 0.508 e. The third-order valence-electron chi connectivity index (χ3n) is 4.49. The van der Waals surface area contributed by atoms with Crippen LogP contribution in [0.3, 0.4) is 0 Å². The quantitative estimate of drug-likeness (QED) is 0.529. The zero-order valence-electron chi connectivity index (χ0n) is 15.8. The molecule has 0 aliphatic heterocycles. The predicted molar refractivity (Wildman–Crippen MR) is 113 cm³/mol. The first-order valence-corrected chi connectivity index (χ1v) is 9.14. The van der Waals surface area contributed by atoms with Crippen LogP contribution in [0.2, 0.25) is 0 Å². The summed E-state index contributed by atoms with van der Waals surface area (Å²) in [6.07, 6.45) is 1.55. The Morgan fingerprint density at radius 1 is 1.03 bits per heavy atom. The van der Waals surface area contributed by atoms with Gasteiger partial charge in [-0.05, 0) is 60.5 Å². The highest BCUT2D eigenvalue weighted by Crippen LogP contribution is 2.18. The van der Waals surface area contributed by atoms with Crippen LogP contribution in [0.25, 0.3) is 10.9 Å². The van der Waals surface area contributed by atoms with Crippen LogP contribution in [0.15, 0.2) is 82.7 Å². The van der Waals surface area contributed by atoms with Gasteiger partial charge < -0.3 is 9.84 Å². The molecule has 1 heterocycles. The number of fused-ring (bicyclic) bond motifs is 1. The van der Waals surface area contributed by atoms with E-state index >= 15 is 0 Å². The first kappa shape index (κ1) is 18.4. The van der Waals surface area contributed by atoms with Crippen molar-refractivity contribution in [2.75, 3.05) is 0 Å². The number of phenols is 1. The van der Waals surface area contributed by atoms with Crippen LogP contribution >= 0.6 is 0 Å². The molecule has 0 atom stereocenters. The monoisotopic (exact) mass is 385 g/mol. The van der Waals surface area contributed by atoms with Crippen LogP contribution in [-0.2, 0) is 6.61 Å². The SMILES string of the molecule is Cc1ccccc1OCc1nc2ccccc2c(=O)n1/N=C/c1ccc(O)cc1. The number of aromatic nitrogens is 2. The van der Waals surface area contributed by atoms with Crippen molar-refractivity contribution in [3.63, 3.8) is 0 Å². The fourth-order valence-electron chi connectivity index (χ4n) is 2.93. The molecule has 0 amide bonds. The minimum Gasteiger partial charge on any atom is -0.508 e. The minimum absolute atomic E-state index is 0.0951. The average Bonchev–Trinajstić information content (AvgIpc) is 2.74. The second-order valence-corrected chi connectivity index (χ2v) is 6.55. The average molecular weight is 385 g/mol. The molecule has 0 spiro atoms. The van der Waals surface area contributed by atoms with Crippen molar-refractivity contribution in [1.29, 1.82) is 0 Å². The van der Waals surface area contributed by atoms with Crippen molar-refractivity contribution < 1.29 is 9.84 Å². The topological polar surface area (TPSA) is 76.7 Å². The van der Waals surface area contributed by atoms with Gasteiger partial charge in [0.15, 0.2) is 5.82 Å². The van der Waals surface area contributed by atoms with Gasteiger partial charge in [-0.2, -0.15) is 9.78 Å². The molecular formula is C23H19N3O3.